The Morgan fingerprint density at radius 1 is 0.689 bits per heavy atom. The normalized spacial score (nSPS) is 22.2. The third kappa shape index (κ3) is 4.68. The van der Waals surface area contributed by atoms with Gasteiger partial charge in [0.2, 0.25) is 0 Å². The molecule has 0 unspecified atom stereocenters. The molecule has 0 amide bonds. The van der Waals surface area contributed by atoms with Crippen LogP contribution in [0, 0.1) is 5.92 Å². The number of allylic oxidation sites excluding steroid dienone is 2. The van der Waals surface area contributed by atoms with Gasteiger partial charge in [0.05, 0.1) is 11.5 Å². The van der Waals surface area contributed by atoms with E-state index in [4.69, 9.17) is 0 Å². The molecule has 7 rings (SSSR count). The van der Waals surface area contributed by atoms with Crippen LogP contribution in [0.25, 0.3) is 11.1 Å². The molecule has 2 aliphatic rings. The van der Waals surface area contributed by atoms with Crippen LogP contribution in [0.3, 0.4) is 0 Å². The van der Waals surface area contributed by atoms with Crippen molar-refractivity contribution in [3.8, 4) is 0 Å². The average Bonchev–Trinajstić information content (AvgIpc) is 3.29. The summed E-state index contributed by atoms with van der Waals surface area (Å²) >= 11 is 0. The van der Waals surface area contributed by atoms with Gasteiger partial charge in [-0.05, 0) is 71.9 Å². The van der Waals surface area contributed by atoms with Crippen molar-refractivity contribution in [3.05, 3.63) is 186 Å². The summed E-state index contributed by atoms with van der Waals surface area (Å²) in [6, 6.07) is 50.9. The van der Waals surface area contributed by atoms with E-state index in [0.717, 1.165) is 34.3 Å². The Labute approximate surface area is 267 Å². The molecule has 222 valence electrons. The van der Waals surface area contributed by atoms with Crippen LogP contribution in [0.15, 0.2) is 158 Å². The van der Waals surface area contributed by atoms with Crippen LogP contribution in [-0.2, 0) is 11.8 Å². The Hall–Kier alpha value is -4.95. The minimum Gasteiger partial charge on any atom is -0.358 e. The zero-order valence-electron chi connectivity index (χ0n) is 26.2. The molecule has 0 fully saturated rings. The van der Waals surface area contributed by atoms with Crippen molar-refractivity contribution < 1.29 is 4.79 Å². The van der Waals surface area contributed by atoms with Gasteiger partial charge in [0.25, 0.3) is 0 Å². The van der Waals surface area contributed by atoms with Crippen molar-refractivity contribution in [1.82, 2.24) is 0 Å². The standard InChI is InChI=1S/C43H39NO/c1-31(2)44-39-27-17-16-26-38(39)42(3,29-32-18-8-4-9-19-32)43(44)30-36(33-20-10-5-11-21-33)28-37(34-22-12-6-13-23-34)40(43)41(45)35-24-14-7-15-25-35/h4-28,30-31,40H,29H2,1-3H3/t40-,42+,43-/m0/s1. The van der Waals surface area contributed by atoms with E-state index < -0.39 is 16.9 Å². The van der Waals surface area contributed by atoms with Crippen LogP contribution in [0.2, 0.25) is 0 Å². The van der Waals surface area contributed by atoms with Crippen LogP contribution in [0.5, 0.6) is 0 Å². The first-order chi connectivity index (χ1) is 21.9. The lowest BCUT2D eigenvalue weighted by Crippen LogP contribution is -2.65. The molecule has 5 aromatic rings. The molecule has 0 saturated heterocycles. The van der Waals surface area contributed by atoms with E-state index in [9.17, 15) is 0 Å². The number of nitrogens with zero attached hydrogens (tertiary/aromatic N) is 1. The number of hydrogen-bond donors (Lipinski definition) is 0. The highest BCUT2D eigenvalue weighted by Crippen LogP contribution is 2.62. The van der Waals surface area contributed by atoms with Gasteiger partial charge in [0.15, 0.2) is 5.78 Å². The van der Waals surface area contributed by atoms with Crippen molar-refractivity contribution in [2.75, 3.05) is 4.90 Å². The molecule has 0 N–H and O–H groups in total. The maximum absolute atomic E-state index is 15.4. The molecule has 0 aromatic heterocycles. The molecular formula is C43H39NO. The second-order valence-corrected chi connectivity index (χ2v) is 12.9. The van der Waals surface area contributed by atoms with Gasteiger partial charge in [-0.2, -0.15) is 0 Å². The quantitative estimate of drug-likeness (QED) is 0.177. The van der Waals surface area contributed by atoms with Crippen molar-refractivity contribution in [1.29, 1.82) is 0 Å². The van der Waals surface area contributed by atoms with Gasteiger partial charge < -0.3 is 4.90 Å². The Morgan fingerprint density at radius 2 is 1.22 bits per heavy atom. The van der Waals surface area contributed by atoms with Gasteiger partial charge in [0, 0.05) is 22.7 Å². The van der Waals surface area contributed by atoms with Crippen LogP contribution >= 0.6 is 0 Å². The van der Waals surface area contributed by atoms with Crippen LogP contribution in [0.1, 0.15) is 53.4 Å². The van der Waals surface area contributed by atoms with Gasteiger partial charge in [-0.25, -0.2) is 0 Å². The first kappa shape index (κ1) is 28.8. The van der Waals surface area contributed by atoms with Gasteiger partial charge >= 0.3 is 0 Å². The average molecular weight is 586 g/mol. The highest BCUT2D eigenvalue weighted by Gasteiger charge is 2.65. The van der Waals surface area contributed by atoms with Crippen LogP contribution in [0.4, 0.5) is 5.69 Å². The number of benzene rings is 5. The molecule has 45 heavy (non-hydrogen) atoms. The summed E-state index contributed by atoms with van der Waals surface area (Å²) in [5.74, 6) is -0.329. The van der Waals surface area contributed by atoms with Gasteiger partial charge in [-0.15, -0.1) is 0 Å². The number of Topliss-reactive ketones (excluding diaryl/α,β-unsaturated/α-hetero) is 1. The monoisotopic (exact) mass is 585 g/mol. The SMILES string of the molecule is CC(C)N1c2ccccc2[C@@](C)(Cc2ccccc2)[C@@]12C=C(c1ccccc1)C=C(c1ccccc1)[C@H]2C(=O)c1ccccc1. The summed E-state index contributed by atoms with van der Waals surface area (Å²) in [4.78, 5) is 17.9. The lowest BCUT2D eigenvalue weighted by atomic mass is 9.54. The van der Waals surface area contributed by atoms with E-state index in [1.807, 2.05) is 30.3 Å². The fourth-order valence-corrected chi connectivity index (χ4v) is 8.10. The Kier molecular flexibility index (Phi) is 7.37. The number of ketones is 1. The van der Waals surface area contributed by atoms with Crippen molar-refractivity contribution >= 4 is 22.6 Å². The molecule has 0 bridgehead atoms. The first-order valence-corrected chi connectivity index (χ1v) is 16.0. The molecule has 1 heterocycles. The lowest BCUT2D eigenvalue weighted by Gasteiger charge is -2.55. The molecular weight excluding hydrogens is 546 g/mol. The Balaban J connectivity index is 1.61. The molecule has 0 saturated carbocycles. The molecule has 1 aliphatic heterocycles. The zero-order valence-corrected chi connectivity index (χ0v) is 26.2. The van der Waals surface area contributed by atoms with Crippen LogP contribution in [-0.4, -0.2) is 17.4 Å². The first-order valence-electron chi connectivity index (χ1n) is 16.0. The fourth-order valence-electron chi connectivity index (χ4n) is 8.10. The number of carbonyl (C=O) groups excluding carboxylic acids is 1. The number of carbonyl (C=O) groups is 1. The van der Waals surface area contributed by atoms with Gasteiger partial charge in [-0.1, -0.05) is 146 Å². The van der Waals surface area contributed by atoms with E-state index in [1.165, 1.54) is 16.8 Å². The lowest BCUT2D eigenvalue weighted by molar-refractivity contribution is 0.0871. The summed E-state index contributed by atoms with van der Waals surface area (Å²) in [6.07, 6.45) is 5.53. The zero-order chi connectivity index (χ0) is 31.0. The second-order valence-electron chi connectivity index (χ2n) is 12.9. The molecule has 2 nitrogen and oxygen atoms in total. The van der Waals surface area contributed by atoms with E-state index in [-0.39, 0.29) is 11.8 Å². The highest BCUT2D eigenvalue weighted by molar-refractivity contribution is 6.10. The van der Waals surface area contributed by atoms with Crippen molar-refractivity contribution in [2.24, 2.45) is 5.92 Å². The number of anilines is 1. The molecule has 1 spiro atoms. The maximum atomic E-state index is 15.4. The number of fused-ring (bicyclic) bond motifs is 1. The van der Waals surface area contributed by atoms with E-state index >= 15 is 4.79 Å². The third-order valence-corrected chi connectivity index (χ3v) is 9.93. The molecule has 2 heteroatoms. The minimum absolute atomic E-state index is 0.123. The van der Waals surface area contributed by atoms with Gasteiger partial charge in [-0.3, -0.25) is 4.79 Å². The van der Waals surface area contributed by atoms with Crippen molar-refractivity contribution in [3.63, 3.8) is 0 Å². The molecule has 0 radical (unpaired) electrons. The predicted molar refractivity (Wildman–Crippen MR) is 187 cm³/mol. The third-order valence-electron chi connectivity index (χ3n) is 9.93. The summed E-state index contributed by atoms with van der Waals surface area (Å²) in [6.45, 7) is 6.94. The second kappa shape index (κ2) is 11.5. The summed E-state index contributed by atoms with van der Waals surface area (Å²) in [5.41, 5.74) is 7.73. The summed E-state index contributed by atoms with van der Waals surface area (Å²) < 4.78 is 0. The Morgan fingerprint density at radius 3 is 1.84 bits per heavy atom. The fraction of sp³-hybridized carbons (Fsp3) is 0.186. The number of para-hydroxylation sites is 1. The molecule has 1 aliphatic carbocycles. The van der Waals surface area contributed by atoms with Crippen LogP contribution < -0.4 is 4.90 Å². The topological polar surface area (TPSA) is 20.3 Å². The highest BCUT2D eigenvalue weighted by atomic mass is 16.1. The number of hydrogen-bond acceptors (Lipinski definition) is 2. The molecule has 5 aromatic carbocycles. The smallest absolute Gasteiger partial charge is 0.173 e. The maximum Gasteiger partial charge on any atom is 0.173 e. The van der Waals surface area contributed by atoms with Crippen molar-refractivity contribution in [2.45, 2.75) is 44.2 Å². The summed E-state index contributed by atoms with van der Waals surface area (Å²) in [7, 11) is 0. The Bertz CT molecular complexity index is 1870. The minimum atomic E-state index is -0.723. The predicted octanol–water partition coefficient (Wildman–Crippen LogP) is 9.83. The summed E-state index contributed by atoms with van der Waals surface area (Å²) in [5, 5.41) is 0. The largest absolute Gasteiger partial charge is 0.358 e. The number of rotatable bonds is 7. The van der Waals surface area contributed by atoms with E-state index in [1.54, 1.807) is 0 Å². The van der Waals surface area contributed by atoms with Gasteiger partial charge in [0.1, 0.15) is 0 Å². The molecule has 3 atom stereocenters. The van der Waals surface area contributed by atoms with E-state index in [2.05, 4.69) is 153 Å². The van der Waals surface area contributed by atoms with E-state index in [0.29, 0.717) is 0 Å².